The van der Waals surface area contributed by atoms with Gasteiger partial charge in [0.25, 0.3) is 5.78 Å². The van der Waals surface area contributed by atoms with E-state index in [0.29, 0.717) is 56.7 Å². The molecule has 4 aromatic rings. The standard InChI is InChI=1S/C33H32ClN3O6S2/c1-4-6-17-43-25-16-13-21(18-26(25)42-5-2)28-27(29(38)20-11-14-23(41-3)15-12-20)30(39)31(40)37(28)32-35-36-33(45-32)44-19-22-9-7-8-10-24(22)34/h7-16,18,28,38H,4-6,17,19H2,1-3H3/b29-27+. The number of unbranched alkanes of at least 4 members (excludes halogenated alkanes) is 1. The van der Waals surface area contributed by atoms with E-state index in [1.54, 1.807) is 42.5 Å². The van der Waals surface area contributed by atoms with Crippen LogP contribution in [0.3, 0.4) is 0 Å². The van der Waals surface area contributed by atoms with Gasteiger partial charge in [-0.1, -0.05) is 72.3 Å². The number of thioether (sulfide) groups is 1. The lowest BCUT2D eigenvalue weighted by Gasteiger charge is -2.23. The second-order valence-electron chi connectivity index (χ2n) is 9.97. The van der Waals surface area contributed by atoms with Gasteiger partial charge in [-0.25, -0.2) is 0 Å². The van der Waals surface area contributed by atoms with E-state index in [1.807, 2.05) is 31.2 Å². The fourth-order valence-corrected chi connectivity index (χ4v) is 6.92. The van der Waals surface area contributed by atoms with Gasteiger partial charge in [0.1, 0.15) is 11.5 Å². The highest BCUT2D eigenvalue weighted by Crippen LogP contribution is 2.46. The highest BCUT2D eigenvalue weighted by atomic mass is 35.5. The summed E-state index contributed by atoms with van der Waals surface area (Å²) in [6.07, 6.45) is 1.85. The minimum absolute atomic E-state index is 0.0762. The number of hydrogen-bond donors (Lipinski definition) is 1. The number of carbonyl (C=O) groups is 2. The number of anilines is 1. The molecule has 1 N–H and O–H groups in total. The summed E-state index contributed by atoms with van der Waals surface area (Å²) in [7, 11) is 1.54. The Morgan fingerprint density at radius 1 is 1.02 bits per heavy atom. The number of Topliss-reactive ketones (excluding diaryl/α,β-unsaturated/α-hetero) is 1. The molecule has 1 saturated heterocycles. The van der Waals surface area contributed by atoms with Crippen molar-refractivity contribution in [2.45, 2.75) is 42.8 Å². The molecule has 45 heavy (non-hydrogen) atoms. The molecule has 0 aliphatic carbocycles. The van der Waals surface area contributed by atoms with Crippen LogP contribution in [0.5, 0.6) is 17.2 Å². The van der Waals surface area contributed by atoms with E-state index >= 15 is 0 Å². The monoisotopic (exact) mass is 665 g/mol. The summed E-state index contributed by atoms with van der Waals surface area (Å²) in [4.78, 5) is 28.6. The minimum atomic E-state index is -1.01. The first-order chi connectivity index (χ1) is 21.9. The third kappa shape index (κ3) is 7.11. The molecule has 3 aromatic carbocycles. The molecule has 0 spiro atoms. The number of benzene rings is 3. The first-order valence-electron chi connectivity index (χ1n) is 14.4. The normalized spacial score (nSPS) is 15.8. The lowest BCUT2D eigenvalue weighted by molar-refractivity contribution is -0.132. The van der Waals surface area contributed by atoms with Crippen LogP contribution in [0.2, 0.25) is 5.02 Å². The number of ether oxygens (including phenoxy) is 3. The highest BCUT2D eigenvalue weighted by Gasteiger charge is 2.48. The van der Waals surface area contributed by atoms with Gasteiger partial charge in [0.15, 0.2) is 15.8 Å². The number of carbonyl (C=O) groups excluding carboxylic acids is 2. The van der Waals surface area contributed by atoms with Crippen LogP contribution in [0.1, 0.15) is 49.4 Å². The van der Waals surface area contributed by atoms with Gasteiger partial charge in [-0.3, -0.25) is 14.5 Å². The van der Waals surface area contributed by atoms with Crippen LogP contribution in [0.15, 0.2) is 76.6 Å². The predicted octanol–water partition coefficient (Wildman–Crippen LogP) is 7.70. The number of nitrogens with zero attached hydrogens (tertiary/aromatic N) is 3. The van der Waals surface area contributed by atoms with Crippen molar-refractivity contribution < 1.29 is 28.9 Å². The van der Waals surface area contributed by atoms with Gasteiger partial charge in [-0.15, -0.1) is 10.2 Å². The Balaban J connectivity index is 1.57. The molecular weight excluding hydrogens is 634 g/mol. The number of aliphatic hydroxyl groups is 1. The number of halogens is 1. The molecule has 1 aromatic heterocycles. The maximum atomic E-state index is 13.7. The fourth-order valence-electron chi connectivity index (χ4n) is 4.77. The summed E-state index contributed by atoms with van der Waals surface area (Å²) in [6.45, 7) is 4.84. The molecule has 5 rings (SSSR count). The van der Waals surface area contributed by atoms with Gasteiger partial charge in [0.05, 0.1) is 31.9 Å². The van der Waals surface area contributed by atoms with Gasteiger partial charge < -0.3 is 19.3 Å². The van der Waals surface area contributed by atoms with Gasteiger partial charge in [-0.05, 0) is 66.9 Å². The Bertz CT molecular complexity index is 1710. The maximum Gasteiger partial charge on any atom is 0.301 e. The zero-order valence-corrected chi connectivity index (χ0v) is 27.4. The van der Waals surface area contributed by atoms with Gasteiger partial charge in [0, 0.05) is 16.3 Å². The Kier molecular flexibility index (Phi) is 10.6. The lowest BCUT2D eigenvalue weighted by atomic mass is 9.95. The fraction of sp³-hybridized carbons (Fsp3) is 0.273. The summed E-state index contributed by atoms with van der Waals surface area (Å²) < 4.78 is 17.7. The number of aliphatic hydroxyl groups excluding tert-OH is 1. The zero-order valence-electron chi connectivity index (χ0n) is 25.0. The molecule has 1 amide bonds. The molecule has 2 heterocycles. The van der Waals surface area contributed by atoms with Crippen molar-refractivity contribution in [3.05, 3.63) is 94.0 Å². The molecule has 0 bridgehead atoms. The van der Waals surface area contributed by atoms with E-state index < -0.39 is 17.7 Å². The molecule has 1 atom stereocenters. The third-order valence-electron chi connectivity index (χ3n) is 7.06. The van der Waals surface area contributed by atoms with Crippen LogP contribution >= 0.6 is 34.7 Å². The second-order valence-corrected chi connectivity index (χ2v) is 12.6. The van der Waals surface area contributed by atoms with Crippen molar-refractivity contribution in [2.75, 3.05) is 25.2 Å². The number of hydrogen-bond acceptors (Lipinski definition) is 10. The number of aromatic nitrogens is 2. The van der Waals surface area contributed by atoms with Crippen molar-refractivity contribution >= 4 is 57.3 Å². The highest BCUT2D eigenvalue weighted by molar-refractivity contribution is 8.00. The van der Waals surface area contributed by atoms with Gasteiger partial charge >= 0.3 is 5.91 Å². The molecular formula is C33H32ClN3O6S2. The van der Waals surface area contributed by atoms with Crippen LogP contribution in [-0.2, 0) is 15.3 Å². The van der Waals surface area contributed by atoms with E-state index in [-0.39, 0.29) is 16.5 Å². The minimum Gasteiger partial charge on any atom is -0.507 e. The van der Waals surface area contributed by atoms with Crippen LogP contribution in [0, 0.1) is 0 Å². The van der Waals surface area contributed by atoms with Crippen LogP contribution in [-0.4, -0.2) is 47.3 Å². The molecule has 1 fully saturated rings. The molecule has 0 radical (unpaired) electrons. The maximum absolute atomic E-state index is 13.7. The SMILES string of the molecule is CCCCOc1ccc(C2/C(=C(\O)c3ccc(OC)cc3)C(=O)C(=O)N2c2nnc(SCc3ccccc3Cl)s2)cc1OCC. The van der Waals surface area contributed by atoms with E-state index in [1.165, 1.54) is 35.1 Å². The topological polar surface area (TPSA) is 111 Å². The van der Waals surface area contributed by atoms with E-state index in [2.05, 4.69) is 17.1 Å². The molecule has 1 unspecified atom stereocenters. The van der Waals surface area contributed by atoms with E-state index in [0.717, 1.165) is 18.4 Å². The number of ketones is 1. The van der Waals surface area contributed by atoms with Gasteiger partial charge in [-0.2, -0.15) is 0 Å². The summed E-state index contributed by atoms with van der Waals surface area (Å²) >= 11 is 8.93. The number of rotatable bonds is 13. The summed E-state index contributed by atoms with van der Waals surface area (Å²) in [5, 5.41) is 21.0. The van der Waals surface area contributed by atoms with Crippen LogP contribution in [0.4, 0.5) is 5.13 Å². The molecule has 1 aliphatic heterocycles. The first kappa shape index (κ1) is 32.3. The molecule has 0 saturated carbocycles. The average molecular weight is 666 g/mol. The molecule has 1 aliphatic rings. The average Bonchev–Trinajstić information content (AvgIpc) is 3.62. The van der Waals surface area contributed by atoms with Crippen LogP contribution < -0.4 is 19.1 Å². The summed E-state index contributed by atoms with van der Waals surface area (Å²) in [6, 6.07) is 18.4. The number of amides is 1. The van der Waals surface area contributed by atoms with Gasteiger partial charge in [0.2, 0.25) is 5.13 Å². The second kappa shape index (κ2) is 14.8. The quantitative estimate of drug-likeness (QED) is 0.0383. The van der Waals surface area contributed by atoms with E-state index in [9.17, 15) is 14.7 Å². The van der Waals surface area contributed by atoms with Crippen LogP contribution in [0.25, 0.3) is 5.76 Å². The first-order valence-corrected chi connectivity index (χ1v) is 16.6. The zero-order chi connectivity index (χ0) is 31.9. The van der Waals surface area contributed by atoms with Crippen molar-refractivity contribution in [2.24, 2.45) is 0 Å². The summed E-state index contributed by atoms with van der Waals surface area (Å²) in [5.41, 5.74) is 1.76. The van der Waals surface area contributed by atoms with E-state index in [4.69, 9.17) is 25.8 Å². The summed E-state index contributed by atoms with van der Waals surface area (Å²) in [5.74, 6) is 0.169. The predicted molar refractivity (Wildman–Crippen MR) is 177 cm³/mol. The Labute approximate surface area is 274 Å². The molecule has 12 heteroatoms. The van der Waals surface area contributed by atoms with Crippen molar-refractivity contribution in [3.63, 3.8) is 0 Å². The molecule has 9 nitrogen and oxygen atoms in total. The van der Waals surface area contributed by atoms with Crippen molar-refractivity contribution in [3.8, 4) is 17.2 Å². The third-order valence-corrected chi connectivity index (χ3v) is 9.53. The Hall–Kier alpha value is -4.06. The van der Waals surface area contributed by atoms with Crippen molar-refractivity contribution in [1.29, 1.82) is 0 Å². The number of methoxy groups -OCH3 is 1. The Morgan fingerprint density at radius 2 is 1.80 bits per heavy atom. The largest absolute Gasteiger partial charge is 0.507 e. The smallest absolute Gasteiger partial charge is 0.301 e. The lowest BCUT2D eigenvalue weighted by Crippen LogP contribution is -2.29. The van der Waals surface area contributed by atoms with Crippen molar-refractivity contribution in [1.82, 2.24) is 10.2 Å². The Morgan fingerprint density at radius 3 is 2.51 bits per heavy atom. The molecule has 234 valence electrons.